The van der Waals surface area contributed by atoms with Gasteiger partial charge in [0.2, 0.25) is 0 Å². The molecule has 3 heterocycles. The summed E-state index contributed by atoms with van der Waals surface area (Å²) in [7, 11) is 0. The van der Waals surface area contributed by atoms with Gasteiger partial charge in [0, 0.05) is 27.3 Å². The van der Waals surface area contributed by atoms with Gasteiger partial charge in [-0.3, -0.25) is 0 Å². The first kappa shape index (κ1) is 27.6. The molecule has 3 nitrogen and oxygen atoms in total. The number of aromatic nitrogens is 1. The van der Waals surface area contributed by atoms with Crippen LogP contribution in [0.2, 0.25) is 0 Å². The van der Waals surface area contributed by atoms with Gasteiger partial charge < -0.3 is 14.0 Å². The highest BCUT2D eigenvalue weighted by atomic mass is 16.5. The van der Waals surface area contributed by atoms with E-state index in [2.05, 4.69) is 138 Å². The number of para-hydroxylation sites is 4. The third-order valence-corrected chi connectivity index (χ3v) is 13.4. The molecular weight excluding hydrogens is 609 g/mol. The summed E-state index contributed by atoms with van der Waals surface area (Å²) in [6, 6.07) is 49.4. The highest BCUT2D eigenvalue weighted by Crippen LogP contribution is 2.65. The molecular formula is C46H36BNO2. The molecule has 0 N–H and O–H groups in total. The minimum absolute atomic E-state index is 0.0888. The number of hydrogen-bond acceptors (Lipinski definition) is 2. The minimum atomic E-state index is -0.0888. The van der Waals surface area contributed by atoms with Gasteiger partial charge >= 0.3 is 0 Å². The number of rotatable bonds is 3. The van der Waals surface area contributed by atoms with Gasteiger partial charge in [-0.1, -0.05) is 84.9 Å². The third kappa shape index (κ3) is 3.56. The molecule has 0 unspecified atom stereocenters. The second kappa shape index (κ2) is 9.94. The fraction of sp³-hybridized carbons (Fsp3) is 0.217. The topological polar surface area (TPSA) is 23.4 Å². The predicted molar refractivity (Wildman–Crippen MR) is 203 cm³/mol. The molecule has 2 aliphatic heterocycles. The van der Waals surface area contributed by atoms with Crippen molar-refractivity contribution in [1.82, 2.24) is 4.57 Å². The monoisotopic (exact) mass is 645 g/mol. The second-order valence-electron chi connectivity index (χ2n) is 15.7. The van der Waals surface area contributed by atoms with Crippen molar-refractivity contribution in [2.75, 3.05) is 0 Å². The van der Waals surface area contributed by atoms with E-state index in [-0.39, 0.29) is 12.1 Å². The van der Waals surface area contributed by atoms with Gasteiger partial charge in [0.1, 0.15) is 23.0 Å². The number of ether oxygens (including phenoxy) is 2. The van der Waals surface area contributed by atoms with Crippen LogP contribution in [0.15, 0.2) is 133 Å². The van der Waals surface area contributed by atoms with Crippen molar-refractivity contribution in [3.8, 4) is 28.7 Å². The van der Waals surface area contributed by atoms with Crippen LogP contribution in [0.25, 0.3) is 27.5 Å². The van der Waals surface area contributed by atoms with Crippen molar-refractivity contribution < 1.29 is 9.47 Å². The fourth-order valence-electron chi connectivity index (χ4n) is 11.8. The van der Waals surface area contributed by atoms with Crippen molar-refractivity contribution >= 4 is 44.9 Å². The highest BCUT2D eigenvalue weighted by Gasteiger charge is 2.59. The Morgan fingerprint density at radius 1 is 0.500 bits per heavy atom. The minimum Gasteiger partial charge on any atom is -0.458 e. The van der Waals surface area contributed by atoms with Crippen LogP contribution in [0.3, 0.4) is 0 Å². The average molecular weight is 646 g/mol. The SMILES string of the molecule is c1ccc2c(c1)Oc1cc(C3(c4ccc(-n5c6ccccc6c6ccccc65)cc4)C4CC5CC(C4)CC3C5)cc3c1B2c1ccccc1O3. The molecule has 4 aliphatic carbocycles. The summed E-state index contributed by atoms with van der Waals surface area (Å²) in [4.78, 5) is 0. The molecule has 0 radical (unpaired) electrons. The van der Waals surface area contributed by atoms with Gasteiger partial charge in [-0.25, -0.2) is 0 Å². The maximum Gasteiger partial charge on any atom is 0.260 e. The highest BCUT2D eigenvalue weighted by molar-refractivity contribution is 6.98. The molecule has 0 atom stereocenters. The molecule has 0 saturated heterocycles. The van der Waals surface area contributed by atoms with Gasteiger partial charge in [0.25, 0.3) is 6.71 Å². The summed E-state index contributed by atoms with van der Waals surface area (Å²) in [5, 5.41) is 2.60. The third-order valence-electron chi connectivity index (χ3n) is 13.4. The van der Waals surface area contributed by atoms with Crippen molar-refractivity contribution in [3.63, 3.8) is 0 Å². The van der Waals surface area contributed by atoms with E-state index in [1.807, 2.05) is 0 Å². The molecule has 4 fully saturated rings. The average Bonchev–Trinajstić information content (AvgIpc) is 3.49. The van der Waals surface area contributed by atoms with Crippen molar-refractivity contribution in [1.29, 1.82) is 0 Å². The Morgan fingerprint density at radius 3 is 1.56 bits per heavy atom. The van der Waals surface area contributed by atoms with Gasteiger partial charge in [0.15, 0.2) is 0 Å². The lowest BCUT2D eigenvalue weighted by atomic mass is 9.34. The molecule has 4 saturated carbocycles. The zero-order valence-corrected chi connectivity index (χ0v) is 27.9. The van der Waals surface area contributed by atoms with Gasteiger partial charge in [0.05, 0.1) is 11.0 Å². The van der Waals surface area contributed by atoms with Crippen LogP contribution >= 0.6 is 0 Å². The Balaban J connectivity index is 1.06. The fourth-order valence-corrected chi connectivity index (χ4v) is 11.8. The Bertz CT molecular complexity index is 2380. The molecule has 0 spiro atoms. The molecule has 4 bridgehead atoms. The van der Waals surface area contributed by atoms with E-state index < -0.39 is 0 Å². The Hall–Kier alpha value is -5.22. The van der Waals surface area contributed by atoms with Gasteiger partial charge in [-0.2, -0.15) is 0 Å². The zero-order chi connectivity index (χ0) is 32.6. The molecule has 6 aliphatic rings. The maximum absolute atomic E-state index is 6.87. The van der Waals surface area contributed by atoms with Crippen molar-refractivity contribution in [2.45, 2.75) is 37.5 Å². The Morgan fingerprint density at radius 2 is 1.00 bits per heavy atom. The molecule has 1 aromatic heterocycles. The van der Waals surface area contributed by atoms with E-state index in [0.29, 0.717) is 11.8 Å². The van der Waals surface area contributed by atoms with Crippen LogP contribution in [-0.2, 0) is 5.41 Å². The number of fused-ring (bicyclic) bond motifs is 7. The van der Waals surface area contributed by atoms with Crippen molar-refractivity contribution in [3.05, 3.63) is 145 Å². The summed E-state index contributed by atoms with van der Waals surface area (Å²) in [5.41, 5.74) is 10.1. The van der Waals surface area contributed by atoms with E-state index in [1.165, 1.54) is 87.1 Å². The molecule has 4 heteroatoms. The largest absolute Gasteiger partial charge is 0.458 e. The standard InChI is InChI=1S/C46H36BNO2/c1-5-13-39-35(9-1)36-10-2-6-14-40(36)48(39)34-19-17-30(18-20-34)46(31-22-28-21-29(24-31)25-32(46)23-28)33-26-43-45-44(27-33)50-42-16-8-4-12-38(42)47(45)37-11-3-7-15-41(37)49-43/h1-20,26-29,31-32H,21-25H2. The van der Waals surface area contributed by atoms with Crippen LogP contribution in [0, 0.1) is 23.7 Å². The van der Waals surface area contributed by atoms with E-state index in [1.54, 1.807) is 0 Å². The molecule has 240 valence electrons. The van der Waals surface area contributed by atoms with E-state index in [9.17, 15) is 0 Å². The molecule has 50 heavy (non-hydrogen) atoms. The summed E-state index contributed by atoms with van der Waals surface area (Å²) < 4.78 is 16.2. The number of benzene rings is 6. The predicted octanol–water partition coefficient (Wildman–Crippen LogP) is 9.25. The molecule has 0 amide bonds. The normalized spacial score (nSPS) is 25.2. The van der Waals surface area contributed by atoms with Crippen LogP contribution in [0.1, 0.15) is 43.2 Å². The summed E-state index contributed by atoms with van der Waals surface area (Å²) >= 11 is 0. The van der Waals surface area contributed by atoms with Gasteiger partial charge in [-0.15, -0.1) is 0 Å². The lowest BCUT2D eigenvalue weighted by Gasteiger charge is -2.62. The molecule has 6 aromatic carbocycles. The maximum atomic E-state index is 6.87. The first-order valence-corrected chi connectivity index (χ1v) is 18.5. The lowest BCUT2D eigenvalue weighted by molar-refractivity contribution is -0.0419. The first-order chi connectivity index (χ1) is 24.7. The van der Waals surface area contributed by atoms with E-state index >= 15 is 0 Å². The van der Waals surface area contributed by atoms with Gasteiger partial charge in [-0.05, 0) is 126 Å². The number of hydrogen-bond donors (Lipinski definition) is 0. The summed E-state index contributed by atoms with van der Waals surface area (Å²) in [6.45, 7) is 0.101. The Labute approximate surface area is 292 Å². The number of nitrogens with zero attached hydrogens (tertiary/aromatic N) is 1. The van der Waals surface area contributed by atoms with Crippen molar-refractivity contribution in [2.24, 2.45) is 23.7 Å². The van der Waals surface area contributed by atoms with Crippen LogP contribution in [-0.4, -0.2) is 11.3 Å². The quantitative estimate of drug-likeness (QED) is 0.179. The second-order valence-corrected chi connectivity index (χ2v) is 15.7. The van der Waals surface area contributed by atoms with Crippen LogP contribution < -0.4 is 25.9 Å². The smallest absolute Gasteiger partial charge is 0.260 e. The molecule has 13 rings (SSSR count). The van der Waals surface area contributed by atoms with Crippen LogP contribution in [0.4, 0.5) is 0 Å². The summed E-state index contributed by atoms with van der Waals surface area (Å²) in [6.07, 6.45) is 6.66. The van der Waals surface area contributed by atoms with E-state index in [0.717, 1.165) is 34.8 Å². The van der Waals surface area contributed by atoms with Crippen LogP contribution in [0.5, 0.6) is 23.0 Å². The lowest BCUT2D eigenvalue weighted by Crippen LogP contribution is -2.58. The zero-order valence-electron chi connectivity index (χ0n) is 27.9. The first-order valence-electron chi connectivity index (χ1n) is 18.5. The van der Waals surface area contributed by atoms with E-state index in [4.69, 9.17) is 9.47 Å². The summed E-state index contributed by atoms with van der Waals surface area (Å²) in [5.74, 6) is 6.76. The molecule has 7 aromatic rings. The Kier molecular flexibility index (Phi) is 5.49.